The van der Waals surface area contributed by atoms with Crippen molar-refractivity contribution in [2.45, 2.75) is 70.1 Å². The fourth-order valence-corrected chi connectivity index (χ4v) is 4.56. The van der Waals surface area contributed by atoms with Crippen molar-refractivity contribution < 1.29 is 0 Å². The largest absolute Gasteiger partial charge is 0.265 e. The number of aromatic nitrogens is 2. The quantitative estimate of drug-likeness (QED) is 0.699. The van der Waals surface area contributed by atoms with E-state index < -0.39 is 0 Å². The summed E-state index contributed by atoms with van der Waals surface area (Å²) in [5, 5.41) is 10.1. The monoisotopic (exact) mass is 331 g/mol. The molecule has 0 spiro atoms. The van der Waals surface area contributed by atoms with E-state index in [4.69, 9.17) is 4.98 Å². The van der Waals surface area contributed by atoms with Gasteiger partial charge < -0.3 is 0 Å². The summed E-state index contributed by atoms with van der Waals surface area (Å²) in [6.07, 6.45) is 15.6. The SMILES string of the molecule is N#Cc1c(C2CCCCC2)nc2c(c1-c1ccncc1)CCCCC2. The highest BCUT2D eigenvalue weighted by atomic mass is 14.7. The van der Waals surface area contributed by atoms with Gasteiger partial charge in [0.25, 0.3) is 0 Å². The van der Waals surface area contributed by atoms with Crippen LogP contribution < -0.4 is 0 Å². The zero-order valence-corrected chi connectivity index (χ0v) is 14.8. The van der Waals surface area contributed by atoms with Crippen LogP contribution in [0.15, 0.2) is 24.5 Å². The maximum absolute atomic E-state index is 10.1. The molecule has 0 amide bonds. The van der Waals surface area contributed by atoms with E-state index in [1.807, 2.05) is 24.5 Å². The maximum Gasteiger partial charge on any atom is 0.102 e. The Morgan fingerprint density at radius 1 is 0.920 bits per heavy atom. The average Bonchev–Trinajstić information content (AvgIpc) is 2.93. The minimum absolute atomic E-state index is 0.456. The van der Waals surface area contributed by atoms with Gasteiger partial charge in [-0.05, 0) is 61.8 Å². The highest BCUT2D eigenvalue weighted by Crippen LogP contribution is 2.40. The van der Waals surface area contributed by atoms with Crippen LogP contribution in [0.4, 0.5) is 0 Å². The molecule has 2 aliphatic carbocycles. The van der Waals surface area contributed by atoms with Gasteiger partial charge in [0.15, 0.2) is 0 Å². The normalized spacial score (nSPS) is 18.2. The van der Waals surface area contributed by atoms with Gasteiger partial charge in [-0.1, -0.05) is 25.7 Å². The summed E-state index contributed by atoms with van der Waals surface area (Å²) in [7, 11) is 0. The third-order valence-electron chi connectivity index (χ3n) is 5.82. The molecule has 0 bridgehead atoms. The van der Waals surface area contributed by atoms with Crippen LogP contribution in [0.25, 0.3) is 11.1 Å². The number of pyridine rings is 2. The first-order valence-corrected chi connectivity index (χ1v) is 9.74. The molecular weight excluding hydrogens is 306 g/mol. The van der Waals surface area contributed by atoms with Gasteiger partial charge in [0.1, 0.15) is 6.07 Å². The first-order valence-electron chi connectivity index (χ1n) is 9.74. The zero-order chi connectivity index (χ0) is 17.1. The summed E-state index contributed by atoms with van der Waals surface area (Å²) >= 11 is 0. The fourth-order valence-electron chi connectivity index (χ4n) is 4.56. The van der Waals surface area contributed by atoms with Gasteiger partial charge in [-0.25, -0.2) is 0 Å². The average molecular weight is 331 g/mol. The Morgan fingerprint density at radius 2 is 1.64 bits per heavy atom. The summed E-state index contributed by atoms with van der Waals surface area (Å²) in [4.78, 5) is 9.29. The molecule has 2 aliphatic rings. The van der Waals surface area contributed by atoms with E-state index in [1.54, 1.807) is 0 Å². The fraction of sp³-hybridized carbons (Fsp3) is 0.500. The minimum atomic E-state index is 0.456. The topological polar surface area (TPSA) is 49.6 Å². The predicted octanol–water partition coefficient (Wildman–Crippen LogP) is 5.33. The molecule has 0 aliphatic heterocycles. The summed E-state index contributed by atoms with van der Waals surface area (Å²) in [6.45, 7) is 0. The van der Waals surface area contributed by atoms with Crippen molar-refractivity contribution in [2.24, 2.45) is 0 Å². The first kappa shape index (κ1) is 16.3. The van der Waals surface area contributed by atoms with Crippen LogP contribution >= 0.6 is 0 Å². The standard InChI is InChI=1S/C22H25N3/c23-15-19-21(16-11-13-24-14-12-16)18-9-5-2-6-10-20(18)25-22(19)17-7-3-1-4-8-17/h11-14,17H,1-10H2. The molecule has 0 N–H and O–H groups in total. The van der Waals surface area contributed by atoms with Crippen molar-refractivity contribution in [1.82, 2.24) is 9.97 Å². The second kappa shape index (κ2) is 7.35. The molecule has 0 radical (unpaired) electrons. The van der Waals surface area contributed by atoms with Crippen LogP contribution in [-0.2, 0) is 12.8 Å². The highest BCUT2D eigenvalue weighted by Gasteiger charge is 2.27. The number of nitriles is 1. The summed E-state index contributed by atoms with van der Waals surface area (Å²) in [5.74, 6) is 0.456. The van der Waals surface area contributed by atoms with E-state index in [1.165, 1.54) is 62.6 Å². The molecule has 1 fully saturated rings. The Hall–Kier alpha value is -2.21. The van der Waals surface area contributed by atoms with Gasteiger partial charge in [-0.3, -0.25) is 9.97 Å². The second-order valence-electron chi connectivity index (χ2n) is 7.42. The lowest BCUT2D eigenvalue weighted by Crippen LogP contribution is -2.13. The lowest BCUT2D eigenvalue weighted by molar-refractivity contribution is 0.435. The van der Waals surface area contributed by atoms with Crippen LogP contribution in [0.5, 0.6) is 0 Å². The highest BCUT2D eigenvalue weighted by molar-refractivity contribution is 5.75. The number of aryl methyl sites for hydroxylation is 1. The zero-order valence-electron chi connectivity index (χ0n) is 14.8. The Bertz CT molecular complexity index is 783. The number of hydrogen-bond acceptors (Lipinski definition) is 3. The van der Waals surface area contributed by atoms with E-state index in [0.29, 0.717) is 5.92 Å². The van der Waals surface area contributed by atoms with Crippen molar-refractivity contribution in [1.29, 1.82) is 5.26 Å². The maximum atomic E-state index is 10.1. The van der Waals surface area contributed by atoms with Gasteiger partial charge in [-0.2, -0.15) is 5.26 Å². The van der Waals surface area contributed by atoms with Crippen LogP contribution in [0.2, 0.25) is 0 Å². The molecule has 3 heteroatoms. The van der Waals surface area contributed by atoms with Gasteiger partial charge in [0, 0.05) is 29.6 Å². The molecule has 0 aromatic carbocycles. The minimum Gasteiger partial charge on any atom is -0.265 e. The van der Waals surface area contributed by atoms with Gasteiger partial charge in [0.05, 0.1) is 11.3 Å². The summed E-state index contributed by atoms with van der Waals surface area (Å²) in [5.41, 5.74) is 6.76. The van der Waals surface area contributed by atoms with Gasteiger partial charge in [0.2, 0.25) is 0 Å². The predicted molar refractivity (Wildman–Crippen MR) is 99.3 cm³/mol. The molecule has 0 unspecified atom stereocenters. The molecule has 25 heavy (non-hydrogen) atoms. The lowest BCUT2D eigenvalue weighted by Gasteiger charge is -2.25. The number of hydrogen-bond donors (Lipinski definition) is 0. The number of nitrogens with zero attached hydrogens (tertiary/aromatic N) is 3. The molecule has 3 nitrogen and oxygen atoms in total. The summed E-state index contributed by atoms with van der Waals surface area (Å²) in [6, 6.07) is 6.64. The molecule has 128 valence electrons. The van der Waals surface area contributed by atoms with Crippen LogP contribution in [0.3, 0.4) is 0 Å². The van der Waals surface area contributed by atoms with Crippen LogP contribution in [0, 0.1) is 11.3 Å². The van der Waals surface area contributed by atoms with Crippen molar-refractivity contribution >= 4 is 0 Å². The first-order chi connectivity index (χ1) is 12.4. The summed E-state index contributed by atoms with van der Waals surface area (Å²) < 4.78 is 0. The molecule has 0 saturated heterocycles. The molecular formula is C22H25N3. The molecule has 4 rings (SSSR count). The molecule has 0 atom stereocenters. The van der Waals surface area contributed by atoms with Crippen molar-refractivity contribution in [3.8, 4) is 17.2 Å². The van der Waals surface area contributed by atoms with E-state index >= 15 is 0 Å². The third kappa shape index (κ3) is 3.18. The van der Waals surface area contributed by atoms with E-state index in [2.05, 4.69) is 11.1 Å². The second-order valence-corrected chi connectivity index (χ2v) is 7.42. The Kier molecular flexibility index (Phi) is 4.78. The Morgan fingerprint density at radius 3 is 2.40 bits per heavy atom. The lowest BCUT2D eigenvalue weighted by atomic mass is 9.82. The van der Waals surface area contributed by atoms with Crippen molar-refractivity contribution in [3.05, 3.63) is 47.0 Å². The molecule has 2 aromatic heterocycles. The number of fused-ring (bicyclic) bond motifs is 1. The van der Waals surface area contributed by atoms with Crippen LogP contribution in [0.1, 0.15) is 79.8 Å². The van der Waals surface area contributed by atoms with E-state index in [9.17, 15) is 5.26 Å². The molecule has 1 saturated carbocycles. The van der Waals surface area contributed by atoms with E-state index in [0.717, 1.165) is 35.2 Å². The van der Waals surface area contributed by atoms with Gasteiger partial charge in [-0.15, -0.1) is 0 Å². The van der Waals surface area contributed by atoms with Gasteiger partial charge >= 0.3 is 0 Å². The smallest absolute Gasteiger partial charge is 0.102 e. The molecule has 2 aromatic rings. The van der Waals surface area contributed by atoms with Crippen LogP contribution in [-0.4, -0.2) is 9.97 Å². The molecule has 2 heterocycles. The van der Waals surface area contributed by atoms with E-state index in [-0.39, 0.29) is 0 Å². The van der Waals surface area contributed by atoms with Crippen molar-refractivity contribution in [3.63, 3.8) is 0 Å². The Labute approximate surface area is 150 Å². The Balaban J connectivity index is 1.94. The third-order valence-corrected chi connectivity index (χ3v) is 5.82. The van der Waals surface area contributed by atoms with Crippen molar-refractivity contribution in [2.75, 3.05) is 0 Å². The number of rotatable bonds is 2.